The Labute approximate surface area is 180 Å². The highest BCUT2D eigenvalue weighted by Crippen LogP contribution is 2.25. The Morgan fingerprint density at radius 3 is 2.63 bits per heavy atom. The van der Waals surface area contributed by atoms with Gasteiger partial charge in [-0.05, 0) is 43.7 Å². The molecular formula is C22H28N6OS. The van der Waals surface area contributed by atoms with Gasteiger partial charge in [0.15, 0.2) is 10.8 Å². The van der Waals surface area contributed by atoms with Crippen LogP contribution in [-0.4, -0.2) is 49.4 Å². The third-order valence-electron chi connectivity index (χ3n) is 5.68. The zero-order valence-corrected chi connectivity index (χ0v) is 18.7. The molecule has 2 N–H and O–H groups in total. The van der Waals surface area contributed by atoms with Crippen molar-refractivity contribution in [1.29, 1.82) is 5.41 Å². The van der Waals surface area contributed by atoms with Crippen LogP contribution in [0.1, 0.15) is 31.5 Å². The number of carbonyl (C=O) groups is 1. The number of H-pyrrole nitrogens is 1. The molecule has 4 rings (SSSR count). The van der Waals surface area contributed by atoms with E-state index in [1.54, 1.807) is 0 Å². The van der Waals surface area contributed by atoms with Crippen molar-refractivity contribution in [3.8, 4) is 5.69 Å². The van der Waals surface area contributed by atoms with E-state index in [0.717, 1.165) is 30.0 Å². The van der Waals surface area contributed by atoms with Crippen LogP contribution in [-0.2, 0) is 4.79 Å². The number of thioether (sulfide) groups is 1. The van der Waals surface area contributed by atoms with Crippen LogP contribution in [0.15, 0.2) is 29.4 Å². The molecule has 3 aromatic rings. The Hall–Kier alpha value is -2.61. The van der Waals surface area contributed by atoms with Crippen molar-refractivity contribution in [1.82, 2.24) is 24.6 Å². The van der Waals surface area contributed by atoms with Crippen LogP contribution < -0.4 is 5.49 Å². The highest BCUT2D eigenvalue weighted by molar-refractivity contribution is 7.99. The lowest BCUT2D eigenvalue weighted by Crippen LogP contribution is -2.43. The van der Waals surface area contributed by atoms with Gasteiger partial charge in [-0.25, -0.2) is 4.98 Å². The Balaban J connectivity index is 1.70. The number of carbonyl (C=O) groups excluding carboxylic acids is 1. The van der Waals surface area contributed by atoms with E-state index in [9.17, 15) is 4.79 Å². The molecule has 1 aliphatic heterocycles. The van der Waals surface area contributed by atoms with Gasteiger partial charge in [-0.1, -0.05) is 43.8 Å². The molecule has 158 valence electrons. The van der Waals surface area contributed by atoms with E-state index in [1.165, 1.54) is 18.2 Å². The third kappa shape index (κ3) is 3.88. The molecule has 1 fully saturated rings. The molecule has 1 amide bonds. The lowest BCUT2D eigenvalue weighted by atomic mass is 9.92. The summed E-state index contributed by atoms with van der Waals surface area (Å²) in [7, 11) is 0. The molecule has 0 aliphatic carbocycles. The van der Waals surface area contributed by atoms with Gasteiger partial charge in [0.05, 0.1) is 16.8 Å². The lowest BCUT2D eigenvalue weighted by Gasteiger charge is -2.35. The first-order valence-corrected chi connectivity index (χ1v) is 11.3. The number of aromatic amines is 1. The number of benzene rings is 1. The number of aromatic nitrogens is 4. The molecule has 1 aromatic carbocycles. The standard InChI is InChI=1S/C22H28N6OS/c1-13-9-14(2)11-27(10-13)18(29)12-30-22-24-21-19(16(4)25-26-21)20(23)28(22)17-8-6-5-7-15(17)3/h5-8,13-14,23H,9-12H2,1-4H3,(H,25,26). The average molecular weight is 425 g/mol. The summed E-state index contributed by atoms with van der Waals surface area (Å²) in [6.45, 7) is 9.96. The van der Waals surface area contributed by atoms with Crippen molar-refractivity contribution in [2.45, 2.75) is 39.3 Å². The number of hydrogen-bond acceptors (Lipinski definition) is 5. The van der Waals surface area contributed by atoms with Crippen molar-refractivity contribution in [2.24, 2.45) is 11.8 Å². The van der Waals surface area contributed by atoms with Crippen molar-refractivity contribution in [2.75, 3.05) is 18.8 Å². The van der Waals surface area contributed by atoms with Gasteiger partial charge in [-0.3, -0.25) is 19.9 Å². The van der Waals surface area contributed by atoms with Crippen LogP contribution in [0, 0.1) is 31.1 Å². The Morgan fingerprint density at radius 1 is 1.23 bits per heavy atom. The normalized spacial score (nSPS) is 19.4. The molecule has 0 bridgehead atoms. The summed E-state index contributed by atoms with van der Waals surface area (Å²) in [5.74, 6) is 1.48. The highest BCUT2D eigenvalue weighted by Gasteiger charge is 2.26. The fourth-order valence-corrected chi connectivity index (χ4v) is 5.25. The number of likely N-dealkylation sites (tertiary alicyclic amines) is 1. The zero-order valence-electron chi connectivity index (χ0n) is 17.9. The summed E-state index contributed by atoms with van der Waals surface area (Å²) in [5, 5.41) is 17.4. The SMILES string of the molecule is Cc1ccccc1-n1c(SCC(=O)N2CC(C)CC(C)C2)nc2n[nH]c(C)c2c1=N. The number of fused-ring (bicyclic) bond motifs is 1. The van der Waals surface area contributed by atoms with Gasteiger partial charge in [0.1, 0.15) is 5.49 Å². The smallest absolute Gasteiger partial charge is 0.233 e. The number of aryl methyl sites for hydroxylation is 2. The molecule has 30 heavy (non-hydrogen) atoms. The van der Waals surface area contributed by atoms with Crippen molar-refractivity contribution < 1.29 is 4.79 Å². The topological polar surface area (TPSA) is 90.7 Å². The van der Waals surface area contributed by atoms with E-state index in [0.29, 0.717) is 39.3 Å². The third-order valence-corrected chi connectivity index (χ3v) is 6.61. The van der Waals surface area contributed by atoms with Crippen LogP contribution in [0.2, 0.25) is 0 Å². The van der Waals surface area contributed by atoms with E-state index >= 15 is 0 Å². The van der Waals surface area contributed by atoms with Gasteiger partial charge in [0, 0.05) is 18.8 Å². The summed E-state index contributed by atoms with van der Waals surface area (Å²) >= 11 is 1.38. The molecule has 0 saturated carbocycles. The first-order chi connectivity index (χ1) is 14.3. The first kappa shape index (κ1) is 20.7. The predicted octanol–water partition coefficient (Wildman–Crippen LogP) is 3.44. The quantitative estimate of drug-likeness (QED) is 0.496. The number of nitrogens with zero attached hydrogens (tertiary/aromatic N) is 4. The number of piperidine rings is 1. The largest absolute Gasteiger partial charge is 0.341 e. The van der Waals surface area contributed by atoms with Gasteiger partial charge < -0.3 is 4.90 Å². The zero-order chi connectivity index (χ0) is 21.4. The Bertz CT molecular complexity index is 1140. The maximum absolute atomic E-state index is 12.9. The lowest BCUT2D eigenvalue weighted by molar-refractivity contribution is -0.130. The van der Waals surface area contributed by atoms with E-state index in [1.807, 2.05) is 47.6 Å². The van der Waals surface area contributed by atoms with Gasteiger partial charge in [-0.2, -0.15) is 5.10 Å². The van der Waals surface area contributed by atoms with E-state index < -0.39 is 0 Å². The minimum atomic E-state index is 0.126. The molecule has 2 unspecified atom stereocenters. The van der Waals surface area contributed by atoms with Crippen LogP contribution in [0.4, 0.5) is 0 Å². The molecule has 0 radical (unpaired) electrons. The number of hydrogen-bond donors (Lipinski definition) is 2. The van der Waals surface area contributed by atoms with Crippen LogP contribution in [0.3, 0.4) is 0 Å². The predicted molar refractivity (Wildman–Crippen MR) is 119 cm³/mol. The molecule has 8 heteroatoms. The van der Waals surface area contributed by atoms with Crippen LogP contribution >= 0.6 is 11.8 Å². The number of para-hydroxylation sites is 1. The minimum Gasteiger partial charge on any atom is -0.341 e. The van der Waals surface area contributed by atoms with Gasteiger partial charge in [-0.15, -0.1) is 0 Å². The number of rotatable bonds is 4. The van der Waals surface area contributed by atoms with Gasteiger partial charge in [0.25, 0.3) is 0 Å². The molecule has 1 aliphatic rings. The van der Waals surface area contributed by atoms with E-state index in [2.05, 4.69) is 24.0 Å². The van der Waals surface area contributed by atoms with E-state index in [4.69, 9.17) is 10.4 Å². The molecule has 0 spiro atoms. The first-order valence-electron chi connectivity index (χ1n) is 10.3. The second-order valence-corrected chi connectivity index (χ2v) is 9.39. The fraction of sp³-hybridized carbons (Fsp3) is 0.455. The van der Waals surface area contributed by atoms with E-state index in [-0.39, 0.29) is 5.91 Å². The van der Waals surface area contributed by atoms with Crippen molar-refractivity contribution >= 4 is 28.7 Å². The molecular weight excluding hydrogens is 396 g/mol. The van der Waals surface area contributed by atoms with Gasteiger partial charge >= 0.3 is 0 Å². The summed E-state index contributed by atoms with van der Waals surface area (Å²) < 4.78 is 1.83. The molecule has 3 heterocycles. The summed E-state index contributed by atoms with van der Waals surface area (Å²) in [4.78, 5) is 19.6. The highest BCUT2D eigenvalue weighted by atomic mass is 32.2. The van der Waals surface area contributed by atoms with Gasteiger partial charge in [0.2, 0.25) is 5.91 Å². The monoisotopic (exact) mass is 424 g/mol. The number of nitrogens with one attached hydrogen (secondary N) is 2. The number of amides is 1. The Kier molecular flexibility index (Phi) is 5.69. The maximum Gasteiger partial charge on any atom is 0.233 e. The molecule has 1 saturated heterocycles. The van der Waals surface area contributed by atoms with Crippen LogP contribution in [0.25, 0.3) is 16.7 Å². The summed E-state index contributed by atoms with van der Waals surface area (Å²) in [6, 6.07) is 7.94. The minimum absolute atomic E-state index is 0.126. The maximum atomic E-state index is 12.9. The molecule has 2 aromatic heterocycles. The van der Waals surface area contributed by atoms with Crippen molar-refractivity contribution in [3.63, 3.8) is 0 Å². The molecule has 2 atom stereocenters. The van der Waals surface area contributed by atoms with Crippen molar-refractivity contribution in [3.05, 3.63) is 41.0 Å². The second-order valence-electron chi connectivity index (χ2n) is 8.45. The summed E-state index contributed by atoms with van der Waals surface area (Å²) in [6.07, 6.45) is 1.17. The molecule has 7 nitrogen and oxygen atoms in total. The average Bonchev–Trinajstić information content (AvgIpc) is 3.07. The summed E-state index contributed by atoms with van der Waals surface area (Å²) in [5.41, 5.74) is 3.60. The fourth-order valence-electron chi connectivity index (χ4n) is 4.35. The van der Waals surface area contributed by atoms with Crippen LogP contribution in [0.5, 0.6) is 0 Å². The second kappa shape index (κ2) is 8.26. The Morgan fingerprint density at radius 2 is 1.93 bits per heavy atom.